The van der Waals surface area contributed by atoms with Crippen LogP contribution in [0.25, 0.3) is 0 Å². The SMILES string of the molecule is COC(=O)c1ccc(CN2CCCN(Cc3ccc4c(c3)CCO4)CC2)o1. The molecule has 4 rings (SSSR count). The van der Waals surface area contributed by atoms with E-state index >= 15 is 0 Å². The lowest BCUT2D eigenvalue weighted by Crippen LogP contribution is -2.30. The highest BCUT2D eigenvalue weighted by molar-refractivity contribution is 5.86. The largest absolute Gasteiger partial charge is 0.493 e. The summed E-state index contributed by atoms with van der Waals surface area (Å²) in [5, 5.41) is 0. The average Bonchev–Trinajstić information content (AvgIpc) is 3.28. The van der Waals surface area contributed by atoms with Crippen molar-refractivity contribution in [2.75, 3.05) is 39.9 Å². The fourth-order valence-corrected chi connectivity index (χ4v) is 3.83. The number of ether oxygens (including phenoxy) is 2. The summed E-state index contributed by atoms with van der Waals surface area (Å²) in [6.07, 6.45) is 2.15. The molecule has 27 heavy (non-hydrogen) atoms. The highest BCUT2D eigenvalue weighted by Crippen LogP contribution is 2.26. The number of furan rings is 1. The van der Waals surface area contributed by atoms with Crippen LogP contribution in [0, 0.1) is 0 Å². The van der Waals surface area contributed by atoms with E-state index in [0.29, 0.717) is 0 Å². The average molecular weight is 370 g/mol. The second-order valence-corrected chi connectivity index (χ2v) is 7.20. The van der Waals surface area contributed by atoms with E-state index in [4.69, 9.17) is 13.9 Å². The lowest BCUT2D eigenvalue weighted by atomic mass is 10.1. The Morgan fingerprint density at radius 1 is 1.07 bits per heavy atom. The van der Waals surface area contributed by atoms with Crippen molar-refractivity contribution < 1.29 is 18.7 Å². The van der Waals surface area contributed by atoms with Crippen molar-refractivity contribution in [2.45, 2.75) is 25.9 Å². The maximum atomic E-state index is 11.5. The first-order chi connectivity index (χ1) is 13.2. The number of methoxy groups -OCH3 is 1. The lowest BCUT2D eigenvalue weighted by Gasteiger charge is -2.21. The monoisotopic (exact) mass is 370 g/mol. The predicted octanol–water partition coefficient (Wildman–Crippen LogP) is 2.71. The quantitative estimate of drug-likeness (QED) is 0.755. The molecule has 0 radical (unpaired) electrons. The van der Waals surface area contributed by atoms with Crippen LogP contribution in [0.5, 0.6) is 5.75 Å². The number of rotatable bonds is 5. The Morgan fingerprint density at radius 2 is 1.89 bits per heavy atom. The molecule has 1 aromatic carbocycles. The Balaban J connectivity index is 1.31. The topological polar surface area (TPSA) is 55.2 Å². The molecule has 144 valence electrons. The Kier molecular flexibility index (Phi) is 5.45. The second-order valence-electron chi connectivity index (χ2n) is 7.20. The molecular formula is C21H26N2O4. The van der Waals surface area contributed by atoms with Gasteiger partial charge in [0.15, 0.2) is 0 Å². The molecule has 6 heteroatoms. The van der Waals surface area contributed by atoms with Crippen molar-refractivity contribution in [2.24, 2.45) is 0 Å². The number of hydrogen-bond donors (Lipinski definition) is 0. The van der Waals surface area contributed by atoms with Crippen LogP contribution in [-0.2, 0) is 24.2 Å². The van der Waals surface area contributed by atoms with Crippen LogP contribution in [0.3, 0.4) is 0 Å². The molecular weight excluding hydrogens is 344 g/mol. The van der Waals surface area contributed by atoms with Gasteiger partial charge in [-0.3, -0.25) is 9.80 Å². The highest BCUT2D eigenvalue weighted by atomic mass is 16.5. The van der Waals surface area contributed by atoms with E-state index in [1.807, 2.05) is 6.07 Å². The second kappa shape index (κ2) is 8.15. The van der Waals surface area contributed by atoms with Crippen molar-refractivity contribution in [3.05, 3.63) is 53.0 Å². The van der Waals surface area contributed by atoms with Gasteiger partial charge >= 0.3 is 5.97 Å². The van der Waals surface area contributed by atoms with Gasteiger partial charge in [0.25, 0.3) is 0 Å². The van der Waals surface area contributed by atoms with Gasteiger partial charge in [0, 0.05) is 26.1 Å². The molecule has 0 N–H and O–H groups in total. The van der Waals surface area contributed by atoms with Gasteiger partial charge in [0.05, 0.1) is 20.3 Å². The molecule has 1 aromatic heterocycles. The zero-order valence-corrected chi connectivity index (χ0v) is 15.8. The molecule has 6 nitrogen and oxygen atoms in total. The van der Waals surface area contributed by atoms with Crippen LogP contribution in [0.15, 0.2) is 34.7 Å². The number of benzene rings is 1. The third-order valence-electron chi connectivity index (χ3n) is 5.27. The summed E-state index contributed by atoms with van der Waals surface area (Å²) in [4.78, 5) is 16.4. The van der Waals surface area contributed by atoms with Gasteiger partial charge < -0.3 is 13.9 Å². The van der Waals surface area contributed by atoms with E-state index in [2.05, 4.69) is 28.0 Å². The van der Waals surface area contributed by atoms with E-state index in [-0.39, 0.29) is 5.76 Å². The zero-order chi connectivity index (χ0) is 18.6. The molecule has 0 aliphatic carbocycles. The molecule has 0 amide bonds. The van der Waals surface area contributed by atoms with E-state index in [9.17, 15) is 4.79 Å². The van der Waals surface area contributed by atoms with Crippen LogP contribution in [0.2, 0.25) is 0 Å². The number of fused-ring (bicyclic) bond motifs is 1. The Bertz CT molecular complexity index is 801. The molecule has 1 fully saturated rings. The summed E-state index contributed by atoms with van der Waals surface area (Å²) in [7, 11) is 1.36. The van der Waals surface area contributed by atoms with Crippen LogP contribution in [0.4, 0.5) is 0 Å². The molecule has 0 saturated carbocycles. The first-order valence-corrected chi connectivity index (χ1v) is 9.57. The fraction of sp³-hybridized carbons (Fsp3) is 0.476. The first-order valence-electron chi connectivity index (χ1n) is 9.57. The standard InChI is InChI=1S/C21H26N2O4/c1-25-21(24)20-6-4-18(27-20)15-23-9-2-8-22(10-11-23)14-16-3-5-19-17(13-16)7-12-26-19/h3-6,13H,2,7-12,14-15H2,1H3. The third kappa shape index (κ3) is 4.34. The van der Waals surface area contributed by atoms with Crippen molar-refractivity contribution in [3.63, 3.8) is 0 Å². The lowest BCUT2D eigenvalue weighted by molar-refractivity contribution is 0.0561. The molecule has 0 spiro atoms. The Hall–Kier alpha value is -2.31. The molecule has 1 saturated heterocycles. The summed E-state index contributed by atoms with van der Waals surface area (Å²) in [6.45, 7) is 6.65. The van der Waals surface area contributed by atoms with Crippen molar-refractivity contribution in [3.8, 4) is 5.75 Å². The minimum absolute atomic E-state index is 0.268. The van der Waals surface area contributed by atoms with Crippen LogP contribution in [-0.4, -0.2) is 55.7 Å². The summed E-state index contributed by atoms with van der Waals surface area (Å²) in [5.41, 5.74) is 2.70. The third-order valence-corrected chi connectivity index (χ3v) is 5.27. The van der Waals surface area contributed by atoms with Crippen LogP contribution in [0.1, 0.15) is 33.9 Å². The Morgan fingerprint density at radius 3 is 2.70 bits per heavy atom. The van der Waals surface area contributed by atoms with Gasteiger partial charge in [-0.1, -0.05) is 12.1 Å². The van der Waals surface area contributed by atoms with Gasteiger partial charge in [-0.25, -0.2) is 4.79 Å². The van der Waals surface area contributed by atoms with Crippen LogP contribution >= 0.6 is 0 Å². The number of carbonyl (C=O) groups excluding carboxylic acids is 1. The van der Waals surface area contributed by atoms with E-state index in [0.717, 1.165) is 70.2 Å². The van der Waals surface area contributed by atoms with Crippen molar-refractivity contribution in [1.29, 1.82) is 0 Å². The van der Waals surface area contributed by atoms with E-state index in [1.165, 1.54) is 18.2 Å². The maximum Gasteiger partial charge on any atom is 0.373 e. The Labute approximate surface area is 159 Å². The number of hydrogen-bond acceptors (Lipinski definition) is 6. The predicted molar refractivity (Wildman–Crippen MR) is 101 cm³/mol. The summed E-state index contributed by atoms with van der Waals surface area (Å²) >= 11 is 0. The highest BCUT2D eigenvalue weighted by Gasteiger charge is 2.19. The molecule has 2 aliphatic rings. The fourth-order valence-electron chi connectivity index (χ4n) is 3.83. The van der Waals surface area contributed by atoms with Gasteiger partial charge in [0.2, 0.25) is 5.76 Å². The van der Waals surface area contributed by atoms with Crippen LogP contribution < -0.4 is 4.74 Å². The molecule has 2 aliphatic heterocycles. The summed E-state index contributed by atoms with van der Waals surface area (Å²) in [5.74, 6) is 1.70. The van der Waals surface area contributed by atoms with Crippen molar-refractivity contribution in [1.82, 2.24) is 9.80 Å². The normalized spacial score (nSPS) is 18.0. The van der Waals surface area contributed by atoms with Gasteiger partial charge in [-0.15, -0.1) is 0 Å². The summed E-state index contributed by atoms with van der Waals surface area (Å²) in [6, 6.07) is 10.1. The molecule has 0 bridgehead atoms. The van der Waals surface area contributed by atoms with Gasteiger partial charge in [-0.05, 0) is 48.8 Å². The minimum Gasteiger partial charge on any atom is -0.493 e. The maximum absolute atomic E-state index is 11.5. The molecule has 2 aromatic rings. The van der Waals surface area contributed by atoms with E-state index < -0.39 is 5.97 Å². The van der Waals surface area contributed by atoms with Crippen molar-refractivity contribution >= 4 is 5.97 Å². The first kappa shape index (κ1) is 18.1. The molecule has 0 atom stereocenters. The number of esters is 1. The molecule has 0 unspecified atom stereocenters. The zero-order valence-electron chi connectivity index (χ0n) is 15.8. The van der Waals surface area contributed by atoms with Gasteiger partial charge in [-0.2, -0.15) is 0 Å². The minimum atomic E-state index is -0.428. The van der Waals surface area contributed by atoms with Gasteiger partial charge in [0.1, 0.15) is 11.5 Å². The smallest absolute Gasteiger partial charge is 0.373 e. The number of carbonyl (C=O) groups is 1. The summed E-state index contributed by atoms with van der Waals surface area (Å²) < 4.78 is 15.9. The van der Waals surface area contributed by atoms with E-state index in [1.54, 1.807) is 6.07 Å². The molecule has 3 heterocycles. The number of nitrogens with zero attached hydrogens (tertiary/aromatic N) is 2.